The third-order valence-corrected chi connectivity index (χ3v) is 4.15. The first kappa shape index (κ1) is 15.4. The van der Waals surface area contributed by atoms with Crippen molar-refractivity contribution in [1.29, 1.82) is 0 Å². The lowest BCUT2D eigenvalue weighted by Crippen LogP contribution is -2.44. The number of hydrogen-bond donors (Lipinski definition) is 1. The number of aryl methyl sites for hydroxylation is 1. The van der Waals surface area contributed by atoms with Crippen molar-refractivity contribution in [3.63, 3.8) is 0 Å². The number of nitrogens with zero attached hydrogens (tertiary/aromatic N) is 2. The van der Waals surface area contributed by atoms with Gasteiger partial charge >= 0.3 is 12.0 Å². The Hall–Kier alpha value is -2.04. The van der Waals surface area contributed by atoms with Crippen LogP contribution >= 0.6 is 0 Å². The molecule has 2 rings (SSSR count). The molecule has 0 radical (unpaired) electrons. The number of carbonyl (C=O) groups is 2. The van der Waals surface area contributed by atoms with E-state index in [0.29, 0.717) is 19.5 Å². The van der Waals surface area contributed by atoms with Gasteiger partial charge in [0, 0.05) is 26.2 Å². The van der Waals surface area contributed by atoms with Gasteiger partial charge in [0.1, 0.15) is 0 Å². The number of carboxylic acid groups (broad SMARTS) is 1. The van der Waals surface area contributed by atoms with Crippen molar-refractivity contribution in [3.8, 4) is 0 Å². The fourth-order valence-corrected chi connectivity index (χ4v) is 2.91. The SMILES string of the molecule is Cc1cccc(CN(C)C(=O)N2CCC(C(=O)O)C2C)c1. The van der Waals surface area contributed by atoms with Gasteiger partial charge in [0.15, 0.2) is 0 Å². The van der Waals surface area contributed by atoms with Crippen LogP contribution in [0.3, 0.4) is 0 Å². The van der Waals surface area contributed by atoms with Crippen LogP contribution in [0.4, 0.5) is 4.79 Å². The first-order chi connectivity index (χ1) is 9.90. The van der Waals surface area contributed by atoms with E-state index in [1.165, 1.54) is 0 Å². The predicted octanol–water partition coefficient (Wildman–Crippen LogP) is 2.34. The van der Waals surface area contributed by atoms with Crippen LogP contribution in [0.2, 0.25) is 0 Å². The van der Waals surface area contributed by atoms with Gasteiger partial charge in [-0.25, -0.2) is 4.79 Å². The summed E-state index contributed by atoms with van der Waals surface area (Å²) in [4.78, 5) is 26.9. The summed E-state index contributed by atoms with van der Waals surface area (Å²) in [5.74, 6) is -1.28. The second-order valence-electron chi connectivity index (χ2n) is 5.80. The minimum atomic E-state index is -0.820. The summed E-state index contributed by atoms with van der Waals surface area (Å²) in [6.45, 7) is 4.87. The molecule has 114 valence electrons. The van der Waals surface area contributed by atoms with Gasteiger partial charge in [-0.15, -0.1) is 0 Å². The number of rotatable bonds is 3. The van der Waals surface area contributed by atoms with E-state index in [4.69, 9.17) is 5.11 Å². The fraction of sp³-hybridized carbons (Fsp3) is 0.500. The first-order valence-electron chi connectivity index (χ1n) is 7.20. The van der Waals surface area contributed by atoms with Gasteiger partial charge in [0.05, 0.1) is 5.92 Å². The maximum absolute atomic E-state index is 12.5. The molecule has 1 aliphatic heterocycles. The summed E-state index contributed by atoms with van der Waals surface area (Å²) in [6, 6.07) is 7.68. The Balaban J connectivity index is 2.01. The van der Waals surface area contributed by atoms with E-state index in [1.54, 1.807) is 16.8 Å². The molecular formula is C16H22N2O3. The molecule has 2 unspecified atom stereocenters. The van der Waals surface area contributed by atoms with Crippen LogP contribution in [0.5, 0.6) is 0 Å². The first-order valence-corrected chi connectivity index (χ1v) is 7.20. The normalized spacial score (nSPS) is 21.4. The van der Waals surface area contributed by atoms with Crippen LogP contribution in [0.25, 0.3) is 0 Å². The van der Waals surface area contributed by atoms with Gasteiger partial charge in [0.2, 0.25) is 0 Å². The zero-order chi connectivity index (χ0) is 15.6. The van der Waals surface area contributed by atoms with Crippen LogP contribution in [0.15, 0.2) is 24.3 Å². The minimum absolute atomic E-state index is 0.104. The van der Waals surface area contributed by atoms with Crippen molar-refractivity contribution < 1.29 is 14.7 Å². The Morgan fingerprint density at radius 3 is 2.71 bits per heavy atom. The van der Waals surface area contributed by atoms with Crippen molar-refractivity contribution >= 4 is 12.0 Å². The number of hydrogen-bond acceptors (Lipinski definition) is 2. The molecule has 2 amide bonds. The van der Waals surface area contributed by atoms with E-state index in [1.807, 2.05) is 32.0 Å². The molecule has 1 aromatic rings. The summed E-state index contributed by atoms with van der Waals surface area (Å²) >= 11 is 0. The molecule has 1 aromatic carbocycles. The van der Waals surface area contributed by atoms with Crippen LogP contribution in [0.1, 0.15) is 24.5 Å². The quantitative estimate of drug-likeness (QED) is 0.929. The molecule has 1 aliphatic rings. The molecule has 0 aliphatic carbocycles. The third kappa shape index (κ3) is 3.35. The molecule has 0 aromatic heterocycles. The van der Waals surface area contributed by atoms with E-state index in [0.717, 1.165) is 11.1 Å². The van der Waals surface area contributed by atoms with Crippen LogP contribution in [-0.2, 0) is 11.3 Å². The average Bonchev–Trinajstić information content (AvgIpc) is 2.79. The topological polar surface area (TPSA) is 60.9 Å². The molecule has 1 N–H and O–H groups in total. The molecule has 2 atom stereocenters. The van der Waals surface area contributed by atoms with E-state index in [9.17, 15) is 9.59 Å². The fourth-order valence-electron chi connectivity index (χ4n) is 2.91. The van der Waals surface area contributed by atoms with Crippen molar-refractivity contribution in [2.45, 2.75) is 32.9 Å². The van der Waals surface area contributed by atoms with Gasteiger partial charge in [0.25, 0.3) is 0 Å². The smallest absolute Gasteiger partial charge is 0.320 e. The molecule has 0 spiro atoms. The van der Waals surface area contributed by atoms with Gasteiger partial charge in [-0.2, -0.15) is 0 Å². The maximum Gasteiger partial charge on any atom is 0.320 e. The van der Waals surface area contributed by atoms with E-state index in [2.05, 4.69) is 6.07 Å². The predicted molar refractivity (Wildman–Crippen MR) is 80.0 cm³/mol. The molecule has 1 fully saturated rings. The average molecular weight is 290 g/mol. The summed E-state index contributed by atoms with van der Waals surface area (Å²) < 4.78 is 0. The highest BCUT2D eigenvalue weighted by molar-refractivity contribution is 5.78. The number of amides is 2. The van der Waals surface area contributed by atoms with Gasteiger partial charge in [-0.05, 0) is 25.8 Å². The second-order valence-corrected chi connectivity index (χ2v) is 5.80. The summed E-state index contributed by atoms with van der Waals surface area (Å²) in [5, 5.41) is 9.14. The van der Waals surface area contributed by atoms with Crippen LogP contribution < -0.4 is 0 Å². The lowest BCUT2D eigenvalue weighted by Gasteiger charge is -2.28. The Labute approximate surface area is 125 Å². The zero-order valence-corrected chi connectivity index (χ0v) is 12.7. The molecule has 5 nitrogen and oxygen atoms in total. The number of aliphatic carboxylic acids is 1. The van der Waals surface area contributed by atoms with Crippen molar-refractivity contribution in [1.82, 2.24) is 9.80 Å². The van der Waals surface area contributed by atoms with Gasteiger partial charge in [-0.3, -0.25) is 4.79 Å². The highest BCUT2D eigenvalue weighted by Gasteiger charge is 2.39. The van der Waals surface area contributed by atoms with Gasteiger partial charge < -0.3 is 14.9 Å². The highest BCUT2D eigenvalue weighted by atomic mass is 16.4. The van der Waals surface area contributed by atoms with E-state index < -0.39 is 11.9 Å². The molecule has 0 bridgehead atoms. The van der Waals surface area contributed by atoms with Gasteiger partial charge in [-0.1, -0.05) is 29.8 Å². The number of urea groups is 1. The summed E-state index contributed by atoms with van der Waals surface area (Å²) in [5.41, 5.74) is 2.24. The molecule has 5 heteroatoms. The van der Waals surface area contributed by atoms with Crippen molar-refractivity contribution in [2.24, 2.45) is 5.92 Å². The summed E-state index contributed by atoms with van der Waals surface area (Å²) in [6.07, 6.45) is 0.528. The number of carboxylic acids is 1. The standard InChI is InChI=1S/C16H22N2O3/c1-11-5-4-6-13(9-11)10-17(3)16(21)18-8-7-14(12(18)2)15(19)20/h4-6,9,12,14H,7-8,10H2,1-3H3,(H,19,20). The van der Waals surface area contributed by atoms with Crippen molar-refractivity contribution in [3.05, 3.63) is 35.4 Å². The van der Waals surface area contributed by atoms with Crippen LogP contribution in [-0.4, -0.2) is 46.5 Å². The van der Waals surface area contributed by atoms with Crippen molar-refractivity contribution in [2.75, 3.05) is 13.6 Å². The second kappa shape index (κ2) is 6.16. The molecule has 1 saturated heterocycles. The number of benzene rings is 1. The monoisotopic (exact) mass is 290 g/mol. The van der Waals surface area contributed by atoms with E-state index in [-0.39, 0.29) is 12.1 Å². The number of likely N-dealkylation sites (tertiary alicyclic amines) is 1. The molecule has 21 heavy (non-hydrogen) atoms. The minimum Gasteiger partial charge on any atom is -0.481 e. The largest absolute Gasteiger partial charge is 0.481 e. The highest BCUT2D eigenvalue weighted by Crippen LogP contribution is 2.25. The summed E-state index contributed by atoms with van der Waals surface area (Å²) in [7, 11) is 1.76. The third-order valence-electron chi connectivity index (χ3n) is 4.15. The Morgan fingerprint density at radius 2 is 2.14 bits per heavy atom. The molecule has 1 heterocycles. The van der Waals surface area contributed by atoms with E-state index >= 15 is 0 Å². The lowest BCUT2D eigenvalue weighted by atomic mass is 10.0. The lowest BCUT2D eigenvalue weighted by molar-refractivity contribution is -0.142. The Morgan fingerprint density at radius 1 is 1.43 bits per heavy atom. The molecular weight excluding hydrogens is 268 g/mol. The number of carbonyl (C=O) groups excluding carboxylic acids is 1. The molecule has 0 saturated carbocycles. The van der Waals surface area contributed by atoms with Crippen LogP contribution in [0, 0.1) is 12.8 Å². The Bertz CT molecular complexity index is 544. The Kier molecular flexibility index (Phi) is 4.50. The maximum atomic E-state index is 12.5. The zero-order valence-electron chi connectivity index (χ0n) is 12.7.